The number of halogens is 1. The first-order valence-corrected chi connectivity index (χ1v) is 7.34. The number of hydrogen-bond acceptors (Lipinski definition) is 5. The van der Waals surface area contributed by atoms with Crippen LogP contribution in [0.5, 0.6) is 0 Å². The summed E-state index contributed by atoms with van der Waals surface area (Å²) in [4.78, 5) is 28.3. The van der Waals surface area contributed by atoms with Gasteiger partial charge in [-0.15, -0.1) is 0 Å². The minimum absolute atomic E-state index is 0.150. The maximum Gasteiger partial charge on any atom is 0.406 e. The monoisotopic (exact) mass is 335 g/mol. The van der Waals surface area contributed by atoms with Crippen molar-refractivity contribution in [2.45, 2.75) is 12.5 Å². The number of amides is 1. The molecule has 2 aromatic rings. The van der Waals surface area contributed by atoms with Gasteiger partial charge in [-0.1, -0.05) is 17.7 Å². The van der Waals surface area contributed by atoms with Gasteiger partial charge in [0.25, 0.3) is 0 Å². The summed E-state index contributed by atoms with van der Waals surface area (Å²) >= 11 is 5.96. The number of rotatable bonds is 4. The normalized spacial score (nSPS) is 17.6. The molecule has 0 aliphatic carbocycles. The second kappa shape index (κ2) is 5.88. The third-order valence-electron chi connectivity index (χ3n) is 3.73. The Morgan fingerprint density at radius 2 is 2.26 bits per heavy atom. The van der Waals surface area contributed by atoms with E-state index in [4.69, 9.17) is 11.6 Å². The predicted octanol–water partition coefficient (Wildman–Crippen LogP) is 2.20. The third kappa shape index (κ3) is 2.85. The van der Waals surface area contributed by atoms with Gasteiger partial charge in [-0.25, -0.2) is 0 Å². The van der Waals surface area contributed by atoms with E-state index in [1.165, 1.54) is 10.9 Å². The second-order valence-corrected chi connectivity index (χ2v) is 5.68. The summed E-state index contributed by atoms with van der Waals surface area (Å²) in [6.45, 7) is 0.516. The van der Waals surface area contributed by atoms with Crippen LogP contribution in [0.4, 0.5) is 17.3 Å². The molecule has 1 aliphatic rings. The number of aryl methyl sites for hydroxylation is 1. The zero-order valence-corrected chi connectivity index (χ0v) is 13.0. The summed E-state index contributed by atoms with van der Waals surface area (Å²) in [5.74, 6) is -0.217. The van der Waals surface area contributed by atoms with Gasteiger partial charge in [0.05, 0.1) is 0 Å². The van der Waals surface area contributed by atoms with Gasteiger partial charge >= 0.3 is 5.82 Å². The molecule has 1 amide bonds. The van der Waals surface area contributed by atoms with Crippen molar-refractivity contribution in [1.82, 2.24) is 9.55 Å². The molecule has 0 saturated carbocycles. The van der Waals surface area contributed by atoms with Gasteiger partial charge in [-0.05, 0) is 34.5 Å². The average Bonchev–Trinajstić information content (AvgIpc) is 3.04. The predicted molar refractivity (Wildman–Crippen MR) is 85.7 cm³/mol. The Kier molecular flexibility index (Phi) is 3.91. The molecule has 9 heteroatoms. The molecule has 1 aliphatic heterocycles. The van der Waals surface area contributed by atoms with Gasteiger partial charge in [-0.2, -0.15) is 0 Å². The van der Waals surface area contributed by atoms with Crippen molar-refractivity contribution < 1.29 is 9.72 Å². The molecule has 23 heavy (non-hydrogen) atoms. The van der Waals surface area contributed by atoms with Gasteiger partial charge in [0, 0.05) is 24.3 Å². The lowest BCUT2D eigenvalue weighted by Crippen LogP contribution is -2.34. The van der Waals surface area contributed by atoms with E-state index in [2.05, 4.69) is 10.3 Å². The number of hydrogen-bond donors (Lipinski definition) is 1. The Balaban J connectivity index is 1.80. The zero-order valence-electron chi connectivity index (χ0n) is 12.3. The van der Waals surface area contributed by atoms with Crippen molar-refractivity contribution in [3.63, 3.8) is 0 Å². The van der Waals surface area contributed by atoms with E-state index in [1.807, 2.05) is 0 Å². The molecule has 8 nitrogen and oxygen atoms in total. The average molecular weight is 336 g/mol. The maximum atomic E-state index is 12.6. The highest BCUT2D eigenvalue weighted by Crippen LogP contribution is 2.28. The number of benzene rings is 1. The molecule has 1 N–H and O–H groups in total. The Labute approximate surface area is 136 Å². The van der Waals surface area contributed by atoms with Crippen LogP contribution in [-0.4, -0.2) is 33.0 Å². The van der Waals surface area contributed by atoms with Crippen molar-refractivity contribution in [1.29, 1.82) is 0 Å². The van der Waals surface area contributed by atoms with Crippen LogP contribution in [0.25, 0.3) is 0 Å². The molecule has 1 aromatic heterocycles. The van der Waals surface area contributed by atoms with E-state index in [0.717, 1.165) is 0 Å². The van der Waals surface area contributed by atoms with Crippen LogP contribution in [0.1, 0.15) is 6.42 Å². The number of nitro groups is 1. The minimum atomic E-state index is -0.573. The highest BCUT2D eigenvalue weighted by atomic mass is 35.5. The summed E-state index contributed by atoms with van der Waals surface area (Å²) in [6, 6.07) is 6.49. The van der Waals surface area contributed by atoms with Gasteiger partial charge in [0.1, 0.15) is 6.04 Å². The fourth-order valence-electron chi connectivity index (χ4n) is 2.60. The fourth-order valence-corrected chi connectivity index (χ4v) is 2.78. The summed E-state index contributed by atoms with van der Waals surface area (Å²) in [6.07, 6.45) is 1.88. The number of nitrogens with one attached hydrogen (secondary N) is 1. The topological polar surface area (TPSA) is 93.3 Å². The van der Waals surface area contributed by atoms with E-state index >= 15 is 0 Å². The van der Waals surface area contributed by atoms with Gasteiger partial charge < -0.3 is 20.3 Å². The first-order chi connectivity index (χ1) is 11.0. The largest absolute Gasteiger partial charge is 0.406 e. The summed E-state index contributed by atoms with van der Waals surface area (Å²) in [5, 5.41) is 14.5. The van der Waals surface area contributed by atoms with Crippen LogP contribution in [0, 0.1) is 10.1 Å². The molecule has 0 bridgehead atoms. The Bertz CT molecular complexity index is 776. The van der Waals surface area contributed by atoms with Gasteiger partial charge in [-0.3, -0.25) is 9.36 Å². The SMILES string of the molecule is Cn1cnc([N+](=O)[O-])c1N[C@H]1CCN(c2cccc(Cl)c2)C1=O. The number of carbonyl (C=O) groups excluding carboxylic acids is 1. The zero-order chi connectivity index (χ0) is 16.6. The molecule has 0 radical (unpaired) electrons. The lowest BCUT2D eigenvalue weighted by atomic mass is 10.2. The smallest absolute Gasteiger partial charge is 0.358 e. The third-order valence-corrected chi connectivity index (χ3v) is 3.96. The van der Waals surface area contributed by atoms with Gasteiger partial charge in [0.15, 0.2) is 0 Å². The van der Waals surface area contributed by atoms with E-state index in [-0.39, 0.29) is 17.5 Å². The van der Waals surface area contributed by atoms with E-state index in [0.29, 0.717) is 23.7 Å². The van der Waals surface area contributed by atoms with Crippen LogP contribution in [0.15, 0.2) is 30.6 Å². The number of nitrogens with zero attached hydrogens (tertiary/aromatic N) is 4. The quantitative estimate of drug-likeness (QED) is 0.683. The molecule has 3 rings (SSSR count). The molecular formula is C14H14ClN5O3. The van der Waals surface area contributed by atoms with Crippen LogP contribution >= 0.6 is 11.6 Å². The molecule has 0 unspecified atom stereocenters. The Morgan fingerprint density at radius 3 is 2.96 bits per heavy atom. The lowest BCUT2D eigenvalue weighted by Gasteiger charge is -2.17. The second-order valence-electron chi connectivity index (χ2n) is 5.24. The first-order valence-electron chi connectivity index (χ1n) is 6.96. The molecule has 1 aromatic carbocycles. The molecule has 1 saturated heterocycles. The number of carbonyl (C=O) groups is 1. The Morgan fingerprint density at radius 1 is 1.48 bits per heavy atom. The molecule has 120 valence electrons. The van der Waals surface area contributed by atoms with Crippen molar-refractivity contribution in [2.75, 3.05) is 16.8 Å². The first kappa shape index (κ1) is 15.3. The molecule has 0 spiro atoms. The van der Waals surface area contributed by atoms with E-state index in [1.54, 1.807) is 36.2 Å². The standard InChI is InChI=1S/C14H14ClN5O3/c1-18-8-16-12(20(22)23)13(18)17-11-5-6-19(14(11)21)10-4-2-3-9(15)7-10/h2-4,7-8,11,17H,5-6H2,1H3/t11-/m0/s1. The lowest BCUT2D eigenvalue weighted by molar-refractivity contribution is -0.388. The maximum absolute atomic E-state index is 12.6. The van der Waals surface area contributed by atoms with Crippen molar-refractivity contribution in [2.24, 2.45) is 7.05 Å². The van der Waals surface area contributed by atoms with Crippen molar-refractivity contribution in [3.8, 4) is 0 Å². The van der Waals surface area contributed by atoms with Crippen LogP contribution in [0.2, 0.25) is 5.02 Å². The highest BCUT2D eigenvalue weighted by Gasteiger charge is 2.35. The van der Waals surface area contributed by atoms with E-state index in [9.17, 15) is 14.9 Å². The summed E-state index contributed by atoms with van der Waals surface area (Å²) in [5.41, 5.74) is 0.714. The summed E-state index contributed by atoms with van der Waals surface area (Å²) in [7, 11) is 1.64. The Hall–Kier alpha value is -2.61. The number of imidazole rings is 1. The van der Waals surface area contributed by atoms with Crippen LogP contribution in [-0.2, 0) is 11.8 Å². The van der Waals surface area contributed by atoms with Crippen molar-refractivity contribution in [3.05, 3.63) is 45.7 Å². The van der Waals surface area contributed by atoms with E-state index < -0.39 is 11.0 Å². The molecule has 1 fully saturated rings. The van der Waals surface area contributed by atoms with Crippen LogP contribution < -0.4 is 10.2 Å². The fraction of sp³-hybridized carbons (Fsp3) is 0.286. The number of anilines is 2. The molecular weight excluding hydrogens is 322 g/mol. The summed E-state index contributed by atoms with van der Waals surface area (Å²) < 4.78 is 1.49. The van der Waals surface area contributed by atoms with Crippen LogP contribution in [0.3, 0.4) is 0 Å². The molecule has 2 heterocycles. The highest BCUT2D eigenvalue weighted by molar-refractivity contribution is 6.31. The molecule has 1 atom stereocenters. The minimum Gasteiger partial charge on any atom is -0.358 e. The number of aromatic nitrogens is 2. The van der Waals surface area contributed by atoms with Gasteiger partial charge in [0.2, 0.25) is 18.1 Å². The van der Waals surface area contributed by atoms with Crippen molar-refractivity contribution >= 4 is 34.8 Å².